The van der Waals surface area contributed by atoms with Gasteiger partial charge in [-0.05, 0) is 6.07 Å². The Bertz CT molecular complexity index is 472. The first kappa shape index (κ1) is 23.1. The van der Waals surface area contributed by atoms with Crippen LogP contribution in [0.5, 0.6) is 17.2 Å². The summed E-state index contributed by atoms with van der Waals surface area (Å²) in [5, 5.41) is 3.45. The van der Waals surface area contributed by atoms with E-state index < -0.39 is 0 Å². The highest BCUT2D eigenvalue weighted by Crippen LogP contribution is 2.34. The maximum Gasteiger partial charge on any atom is 0.164 e. The molecule has 0 unspecified atom stereocenters. The highest BCUT2D eigenvalue weighted by molar-refractivity contribution is 5.50. The van der Waals surface area contributed by atoms with Crippen LogP contribution >= 0.6 is 0 Å². The van der Waals surface area contributed by atoms with Crippen molar-refractivity contribution in [2.75, 3.05) is 60.7 Å². The van der Waals surface area contributed by atoms with Crippen LogP contribution < -0.4 is 44.3 Å². The van der Waals surface area contributed by atoms with Crippen molar-refractivity contribution < 1.29 is 43.8 Å². The summed E-state index contributed by atoms with van der Waals surface area (Å²) in [4.78, 5) is 2.41. The van der Waals surface area contributed by atoms with Crippen molar-refractivity contribution in [1.29, 1.82) is 0 Å². The van der Waals surface area contributed by atoms with E-state index in [1.165, 1.54) is 0 Å². The van der Waals surface area contributed by atoms with Crippen molar-refractivity contribution >= 4 is 0 Å². The first-order valence-corrected chi connectivity index (χ1v) is 7.58. The molecule has 0 amide bonds. The summed E-state index contributed by atoms with van der Waals surface area (Å²) in [6.07, 6.45) is 0. The lowest BCUT2D eigenvalue weighted by Gasteiger charge is -2.26. The first-order valence-electron chi connectivity index (χ1n) is 7.58. The molecule has 2 rings (SSSR count). The molecule has 140 valence electrons. The minimum atomic E-state index is 0. The minimum absolute atomic E-state index is 0. The predicted octanol–water partition coefficient (Wildman–Crippen LogP) is -4.86. The van der Waals surface area contributed by atoms with Gasteiger partial charge in [0, 0.05) is 44.4 Å². The second-order valence-electron chi connectivity index (χ2n) is 5.15. The molecule has 24 heavy (non-hydrogen) atoms. The summed E-state index contributed by atoms with van der Waals surface area (Å²) in [5.41, 5.74) is 1.06. The molecular formula is C16H26Cl2N2O4-2. The van der Waals surface area contributed by atoms with Crippen molar-refractivity contribution in [3.05, 3.63) is 17.7 Å². The van der Waals surface area contributed by atoms with Gasteiger partial charge in [0.25, 0.3) is 0 Å². The van der Waals surface area contributed by atoms with E-state index >= 15 is 0 Å². The molecular weight excluding hydrogens is 355 g/mol. The van der Waals surface area contributed by atoms with Crippen LogP contribution in [0.2, 0.25) is 0 Å². The third kappa shape index (κ3) is 6.53. The molecule has 0 bridgehead atoms. The number of methoxy groups -OCH3 is 3. The van der Waals surface area contributed by atoms with Gasteiger partial charge in [0.15, 0.2) is 11.5 Å². The molecule has 1 N–H and O–H groups in total. The molecule has 1 saturated heterocycles. The Hall–Kier alpha value is -0.920. The summed E-state index contributed by atoms with van der Waals surface area (Å²) in [6, 6.07) is 3.82. The third-order valence-electron chi connectivity index (χ3n) is 3.81. The van der Waals surface area contributed by atoms with Crippen LogP contribution in [0, 0.1) is 0 Å². The van der Waals surface area contributed by atoms with Crippen LogP contribution in [0.3, 0.4) is 0 Å². The largest absolute Gasteiger partial charge is 1.00 e. The number of halogens is 2. The van der Waals surface area contributed by atoms with E-state index in [1.54, 1.807) is 21.3 Å². The number of hydrogen-bond donors (Lipinski definition) is 1. The Labute approximate surface area is 156 Å². The van der Waals surface area contributed by atoms with Crippen molar-refractivity contribution in [3.8, 4) is 17.2 Å². The lowest BCUT2D eigenvalue weighted by Crippen LogP contribution is -3.00. The maximum absolute atomic E-state index is 5.43. The summed E-state index contributed by atoms with van der Waals surface area (Å²) < 4.78 is 21.4. The number of nitrogens with one attached hydrogen (secondary N) is 1. The monoisotopic (exact) mass is 380 g/mol. The van der Waals surface area contributed by atoms with Crippen LogP contribution in [0.25, 0.3) is 0 Å². The number of hydrogen-bond acceptors (Lipinski definition) is 6. The third-order valence-corrected chi connectivity index (χ3v) is 3.81. The predicted molar refractivity (Wildman–Crippen MR) is 85.1 cm³/mol. The van der Waals surface area contributed by atoms with Gasteiger partial charge in [-0.25, -0.2) is 0 Å². The quantitative estimate of drug-likeness (QED) is 0.456. The van der Waals surface area contributed by atoms with E-state index in [0.29, 0.717) is 11.5 Å². The number of morpholine rings is 1. The fraction of sp³-hybridized carbons (Fsp3) is 0.625. The Balaban J connectivity index is 0.00000264. The van der Waals surface area contributed by atoms with Gasteiger partial charge >= 0.3 is 0 Å². The highest BCUT2D eigenvalue weighted by Gasteiger charge is 2.12. The topological polar surface area (TPSA) is 52.2 Å². The molecule has 1 heterocycles. The summed E-state index contributed by atoms with van der Waals surface area (Å²) in [6.45, 7) is 6.39. The van der Waals surface area contributed by atoms with E-state index in [9.17, 15) is 0 Å². The Morgan fingerprint density at radius 3 is 2.12 bits per heavy atom. The summed E-state index contributed by atoms with van der Waals surface area (Å²) >= 11 is 0. The lowest BCUT2D eigenvalue weighted by molar-refractivity contribution is -0.00100. The Morgan fingerprint density at radius 2 is 1.54 bits per heavy atom. The average Bonchev–Trinajstić information content (AvgIpc) is 2.58. The van der Waals surface area contributed by atoms with Crippen LogP contribution in [0.4, 0.5) is 0 Å². The molecule has 0 aliphatic carbocycles. The highest BCUT2D eigenvalue weighted by atomic mass is 35.5. The summed E-state index contributed by atoms with van der Waals surface area (Å²) in [7, 11) is 4.93. The van der Waals surface area contributed by atoms with Gasteiger partial charge in [-0.2, -0.15) is 0 Å². The zero-order valence-corrected chi connectivity index (χ0v) is 16.0. The van der Waals surface area contributed by atoms with Crippen LogP contribution in [0.15, 0.2) is 12.1 Å². The molecule has 8 heteroatoms. The van der Waals surface area contributed by atoms with Crippen LogP contribution in [-0.4, -0.2) is 65.6 Å². The normalized spacial score (nSPS) is 14.3. The fourth-order valence-corrected chi connectivity index (χ4v) is 2.52. The SMILES string of the molecule is COc1cc(OC)c(OC)cc1CNCCN1CCOCC1.[Cl-].[Cl-]. The summed E-state index contributed by atoms with van der Waals surface area (Å²) in [5.74, 6) is 2.20. The van der Waals surface area contributed by atoms with Crippen molar-refractivity contribution in [1.82, 2.24) is 10.2 Å². The second-order valence-corrected chi connectivity index (χ2v) is 5.15. The molecule has 0 atom stereocenters. The molecule has 0 aromatic heterocycles. The second kappa shape index (κ2) is 12.4. The number of ether oxygens (including phenoxy) is 4. The number of nitrogens with zero attached hydrogens (tertiary/aromatic N) is 1. The van der Waals surface area contributed by atoms with Gasteiger partial charge in [-0.15, -0.1) is 0 Å². The Morgan fingerprint density at radius 1 is 0.958 bits per heavy atom. The van der Waals surface area contributed by atoms with Gasteiger partial charge in [0.1, 0.15) is 5.75 Å². The van der Waals surface area contributed by atoms with E-state index in [1.807, 2.05) is 12.1 Å². The Kier molecular flexibility index (Phi) is 12.0. The van der Waals surface area contributed by atoms with Crippen LogP contribution in [-0.2, 0) is 11.3 Å². The van der Waals surface area contributed by atoms with Crippen LogP contribution in [0.1, 0.15) is 5.56 Å². The fourth-order valence-electron chi connectivity index (χ4n) is 2.52. The molecule has 0 radical (unpaired) electrons. The van der Waals surface area contributed by atoms with Gasteiger partial charge in [-0.3, -0.25) is 4.90 Å². The smallest absolute Gasteiger partial charge is 0.164 e. The standard InChI is InChI=1S/C16H26N2O4.2ClH/c1-19-14-11-16(21-3)15(20-2)10-13(14)12-17-4-5-18-6-8-22-9-7-18;;/h10-11,17H,4-9,12H2,1-3H3;2*1H/p-2. The molecule has 0 saturated carbocycles. The van der Waals surface area contributed by atoms with Gasteiger partial charge < -0.3 is 49.1 Å². The molecule has 1 aliphatic rings. The van der Waals surface area contributed by atoms with E-state index in [2.05, 4.69) is 10.2 Å². The number of rotatable bonds is 8. The molecule has 1 fully saturated rings. The molecule has 0 spiro atoms. The van der Waals surface area contributed by atoms with Gasteiger partial charge in [-0.1, -0.05) is 0 Å². The van der Waals surface area contributed by atoms with E-state index in [-0.39, 0.29) is 24.8 Å². The van der Waals surface area contributed by atoms with E-state index in [0.717, 1.165) is 57.3 Å². The van der Waals surface area contributed by atoms with Crippen molar-refractivity contribution in [2.45, 2.75) is 6.54 Å². The molecule has 1 aromatic carbocycles. The molecule has 6 nitrogen and oxygen atoms in total. The maximum atomic E-state index is 5.43. The first-order chi connectivity index (χ1) is 10.8. The van der Waals surface area contributed by atoms with Gasteiger partial charge in [0.05, 0.1) is 34.5 Å². The zero-order valence-electron chi connectivity index (χ0n) is 14.4. The van der Waals surface area contributed by atoms with E-state index in [4.69, 9.17) is 18.9 Å². The zero-order chi connectivity index (χ0) is 15.8. The molecule has 1 aliphatic heterocycles. The van der Waals surface area contributed by atoms with Gasteiger partial charge in [0.2, 0.25) is 0 Å². The van der Waals surface area contributed by atoms with Crippen molar-refractivity contribution in [2.24, 2.45) is 0 Å². The minimum Gasteiger partial charge on any atom is -1.00 e. The molecule has 1 aromatic rings. The average molecular weight is 381 g/mol. The number of benzene rings is 1. The van der Waals surface area contributed by atoms with Crippen molar-refractivity contribution in [3.63, 3.8) is 0 Å². The lowest BCUT2D eigenvalue weighted by atomic mass is 10.1.